The predicted octanol–water partition coefficient (Wildman–Crippen LogP) is 2.98. The van der Waals surface area contributed by atoms with Gasteiger partial charge in [-0.3, -0.25) is 9.88 Å². The van der Waals surface area contributed by atoms with E-state index in [1.54, 1.807) is 31.4 Å². The quantitative estimate of drug-likeness (QED) is 0.649. The van der Waals surface area contributed by atoms with Gasteiger partial charge in [-0.2, -0.15) is 0 Å². The van der Waals surface area contributed by atoms with Crippen molar-refractivity contribution in [3.05, 3.63) is 53.6 Å². The van der Waals surface area contributed by atoms with Crippen LogP contribution in [0.25, 0.3) is 0 Å². The Morgan fingerprint density at radius 1 is 1.26 bits per heavy atom. The van der Waals surface area contributed by atoms with E-state index in [0.29, 0.717) is 30.9 Å². The standard InChI is InChI=1S/C21H26FN5O4/c1-14-6-7-16(10-23-14)24-20(28)25-18-5-3-4-15(19(18)22)11-26-8-9-27(21(29)30)12-17(26)13-31-2/h3-7,10,17H,8-9,11-13H2,1-2H3,(H,29,30)(H2,24,25,28)/t17-/m0/s1. The number of amides is 3. The molecule has 2 aromatic rings. The Balaban J connectivity index is 1.67. The first kappa shape index (κ1) is 22.4. The largest absolute Gasteiger partial charge is 0.465 e. The summed E-state index contributed by atoms with van der Waals surface area (Å²) in [6.07, 6.45) is 0.543. The molecule has 0 radical (unpaired) electrons. The molecule has 1 aliphatic heterocycles. The van der Waals surface area contributed by atoms with E-state index in [1.807, 2.05) is 11.8 Å². The van der Waals surface area contributed by atoms with Gasteiger partial charge in [0, 0.05) is 44.5 Å². The van der Waals surface area contributed by atoms with Crippen LogP contribution in [0, 0.1) is 12.7 Å². The number of methoxy groups -OCH3 is 1. The molecule has 1 fully saturated rings. The lowest BCUT2D eigenvalue weighted by atomic mass is 10.1. The molecule has 2 heterocycles. The summed E-state index contributed by atoms with van der Waals surface area (Å²) in [5.41, 5.74) is 1.78. The monoisotopic (exact) mass is 431 g/mol. The molecular weight excluding hydrogens is 405 g/mol. The maximum Gasteiger partial charge on any atom is 0.407 e. The Morgan fingerprint density at radius 2 is 2.06 bits per heavy atom. The number of carbonyl (C=O) groups is 2. The summed E-state index contributed by atoms with van der Waals surface area (Å²) in [6, 6.07) is 7.51. The van der Waals surface area contributed by atoms with Crippen LogP contribution in [0.2, 0.25) is 0 Å². The van der Waals surface area contributed by atoms with Crippen molar-refractivity contribution in [3.63, 3.8) is 0 Å². The van der Waals surface area contributed by atoms with Crippen LogP contribution in [0.4, 0.5) is 25.4 Å². The summed E-state index contributed by atoms with van der Waals surface area (Å²) in [6.45, 7) is 3.52. The molecule has 0 saturated carbocycles. The molecule has 1 aliphatic rings. The number of piperazine rings is 1. The molecule has 1 aromatic carbocycles. The minimum atomic E-state index is -0.979. The van der Waals surface area contributed by atoms with Crippen molar-refractivity contribution in [1.82, 2.24) is 14.8 Å². The SMILES string of the molecule is COC[C@@H]1CN(C(=O)O)CCN1Cc1cccc(NC(=O)Nc2ccc(C)nc2)c1F. The molecule has 0 unspecified atom stereocenters. The highest BCUT2D eigenvalue weighted by atomic mass is 19.1. The predicted molar refractivity (Wildman–Crippen MR) is 114 cm³/mol. The Labute approximate surface area is 179 Å². The first-order valence-corrected chi connectivity index (χ1v) is 9.86. The van der Waals surface area contributed by atoms with Gasteiger partial charge in [0.1, 0.15) is 0 Å². The van der Waals surface area contributed by atoms with Gasteiger partial charge in [0.25, 0.3) is 0 Å². The molecule has 10 heteroatoms. The van der Waals surface area contributed by atoms with Crippen LogP contribution in [0.3, 0.4) is 0 Å². The Kier molecular flexibility index (Phi) is 7.37. The number of urea groups is 1. The van der Waals surface area contributed by atoms with Crippen molar-refractivity contribution in [2.45, 2.75) is 19.5 Å². The molecular formula is C21H26FN5O4. The van der Waals surface area contributed by atoms with Gasteiger partial charge >= 0.3 is 12.1 Å². The van der Waals surface area contributed by atoms with Crippen molar-refractivity contribution in [1.29, 1.82) is 0 Å². The lowest BCUT2D eigenvalue weighted by Gasteiger charge is -2.40. The normalized spacial score (nSPS) is 16.7. The Bertz CT molecular complexity index is 924. The first-order chi connectivity index (χ1) is 14.9. The summed E-state index contributed by atoms with van der Waals surface area (Å²) >= 11 is 0. The van der Waals surface area contributed by atoms with Gasteiger partial charge in [-0.15, -0.1) is 0 Å². The number of aryl methyl sites for hydroxylation is 1. The topological polar surface area (TPSA) is 107 Å². The number of carboxylic acid groups (broad SMARTS) is 1. The van der Waals surface area contributed by atoms with Crippen molar-refractivity contribution in [2.24, 2.45) is 0 Å². The zero-order chi connectivity index (χ0) is 22.4. The number of hydrogen-bond acceptors (Lipinski definition) is 5. The van der Waals surface area contributed by atoms with Crippen LogP contribution in [-0.4, -0.2) is 71.4 Å². The van der Waals surface area contributed by atoms with E-state index in [-0.39, 0.29) is 24.8 Å². The second kappa shape index (κ2) is 10.2. The molecule has 1 atom stereocenters. The van der Waals surface area contributed by atoms with Gasteiger partial charge in [0.2, 0.25) is 0 Å². The third-order valence-electron chi connectivity index (χ3n) is 5.10. The summed E-state index contributed by atoms with van der Waals surface area (Å²) in [7, 11) is 1.55. The molecule has 0 aliphatic carbocycles. The number of nitrogens with zero attached hydrogens (tertiary/aromatic N) is 3. The van der Waals surface area contributed by atoms with Crippen LogP contribution in [0.15, 0.2) is 36.5 Å². The van der Waals surface area contributed by atoms with Crippen molar-refractivity contribution >= 4 is 23.5 Å². The fraction of sp³-hybridized carbons (Fsp3) is 0.381. The van der Waals surface area contributed by atoms with Crippen LogP contribution in [0.5, 0.6) is 0 Å². The molecule has 3 amide bonds. The van der Waals surface area contributed by atoms with Crippen LogP contribution >= 0.6 is 0 Å². The van der Waals surface area contributed by atoms with E-state index in [2.05, 4.69) is 15.6 Å². The summed E-state index contributed by atoms with van der Waals surface area (Å²) < 4.78 is 20.3. The number of nitrogens with one attached hydrogen (secondary N) is 2. The third kappa shape index (κ3) is 5.89. The highest BCUT2D eigenvalue weighted by molar-refractivity contribution is 5.99. The highest BCUT2D eigenvalue weighted by Gasteiger charge is 2.30. The molecule has 9 nitrogen and oxygen atoms in total. The number of pyridine rings is 1. The van der Waals surface area contributed by atoms with Crippen molar-refractivity contribution in [2.75, 3.05) is 44.0 Å². The number of carbonyl (C=O) groups excluding carboxylic acids is 1. The van der Waals surface area contributed by atoms with Gasteiger partial charge in [0.05, 0.1) is 30.2 Å². The Hall–Kier alpha value is -3.24. The molecule has 166 valence electrons. The van der Waals surface area contributed by atoms with E-state index < -0.39 is 17.9 Å². The molecule has 0 bridgehead atoms. The number of halogens is 1. The molecule has 31 heavy (non-hydrogen) atoms. The molecule has 3 N–H and O–H groups in total. The average molecular weight is 431 g/mol. The zero-order valence-electron chi connectivity index (χ0n) is 17.5. The van der Waals surface area contributed by atoms with E-state index >= 15 is 4.39 Å². The van der Waals surface area contributed by atoms with Gasteiger partial charge in [-0.25, -0.2) is 14.0 Å². The average Bonchev–Trinajstić information content (AvgIpc) is 2.74. The smallest absolute Gasteiger partial charge is 0.407 e. The van der Waals surface area contributed by atoms with Gasteiger partial charge in [-0.1, -0.05) is 12.1 Å². The maximum absolute atomic E-state index is 15.1. The van der Waals surface area contributed by atoms with E-state index in [1.165, 1.54) is 17.2 Å². The number of ether oxygens (including phenoxy) is 1. The summed E-state index contributed by atoms with van der Waals surface area (Å²) in [5, 5.41) is 14.4. The van der Waals surface area contributed by atoms with E-state index in [4.69, 9.17) is 4.74 Å². The van der Waals surface area contributed by atoms with Crippen molar-refractivity contribution in [3.8, 4) is 0 Å². The number of aromatic nitrogens is 1. The first-order valence-electron chi connectivity index (χ1n) is 9.86. The minimum absolute atomic E-state index is 0.0579. The minimum Gasteiger partial charge on any atom is -0.465 e. The Morgan fingerprint density at radius 3 is 2.74 bits per heavy atom. The number of hydrogen-bond donors (Lipinski definition) is 3. The number of anilines is 2. The van der Waals surface area contributed by atoms with Gasteiger partial charge in [0.15, 0.2) is 5.82 Å². The molecule has 1 saturated heterocycles. The molecule has 3 rings (SSSR count). The van der Waals surface area contributed by atoms with Gasteiger partial charge in [-0.05, 0) is 25.1 Å². The van der Waals surface area contributed by atoms with E-state index in [0.717, 1.165) is 5.69 Å². The fourth-order valence-corrected chi connectivity index (χ4v) is 3.47. The maximum atomic E-state index is 15.1. The second-order valence-electron chi connectivity index (χ2n) is 7.35. The molecule has 1 aromatic heterocycles. The highest BCUT2D eigenvalue weighted by Crippen LogP contribution is 2.22. The van der Waals surface area contributed by atoms with Crippen LogP contribution in [-0.2, 0) is 11.3 Å². The number of rotatable bonds is 6. The lowest BCUT2D eigenvalue weighted by molar-refractivity contribution is 0.0231. The zero-order valence-corrected chi connectivity index (χ0v) is 17.5. The summed E-state index contributed by atoms with van der Waals surface area (Å²) in [5.74, 6) is -0.531. The fourth-order valence-electron chi connectivity index (χ4n) is 3.47. The van der Waals surface area contributed by atoms with Crippen molar-refractivity contribution < 1.29 is 23.8 Å². The van der Waals surface area contributed by atoms with Crippen LogP contribution in [0.1, 0.15) is 11.3 Å². The third-order valence-corrected chi connectivity index (χ3v) is 5.10. The molecule has 0 spiro atoms. The number of benzene rings is 1. The summed E-state index contributed by atoms with van der Waals surface area (Å²) in [4.78, 5) is 31.0. The second-order valence-corrected chi connectivity index (χ2v) is 7.35. The van der Waals surface area contributed by atoms with Crippen LogP contribution < -0.4 is 10.6 Å². The lowest BCUT2D eigenvalue weighted by Crippen LogP contribution is -2.55. The van der Waals surface area contributed by atoms with E-state index in [9.17, 15) is 14.7 Å². The van der Waals surface area contributed by atoms with Gasteiger partial charge < -0.3 is 25.4 Å².